The first-order chi connectivity index (χ1) is 16.9. The van der Waals surface area contributed by atoms with E-state index in [1.807, 2.05) is 0 Å². The number of hydrogen-bond acceptors (Lipinski definition) is 6. The highest BCUT2D eigenvalue weighted by Crippen LogP contribution is 2.33. The van der Waals surface area contributed by atoms with Crippen LogP contribution in [0.1, 0.15) is 27.2 Å². The molecule has 1 N–H and O–H groups in total. The van der Waals surface area contributed by atoms with E-state index in [4.69, 9.17) is 0 Å². The number of hydrogen-bond donors (Lipinski definition) is 1. The van der Waals surface area contributed by atoms with Gasteiger partial charge in [0.05, 0.1) is 23.0 Å². The fourth-order valence-electron chi connectivity index (χ4n) is 3.22. The quantitative estimate of drug-likeness (QED) is 0.402. The molecule has 1 aromatic carbocycles. The van der Waals surface area contributed by atoms with Crippen molar-refractivity contribution in [3.8, 4) is 17.5 Å². The number of halogens is 3. The lowest BCUT2D eigenvalue weighted by Crippen LogP contribution is -2.14. The van der Waals surface area contributed by atoms with Crippen molar-refractivity contribution in [1.29, 1.82) is 0 Å². The van der Waals surface area contributed by atoms with E-state index in [-0.39, 0.29) is 16.9 Å². The monoisotopic (exact) mass is 474 g/mol. The molecule has 12 heteroatoms. The number of pyridine rings is 1. The maximum atomic E-state index is 13.4. The third-order valence-corrected chi connectivity index (χ3v) is 4.83. The third kappa shape index (κ3) is 4.69. The van der Waals surface area contributed by atoms with E-state index in [0.29, 0.717) is 16.9 Å². The van der Waals surface area contributed by atoms with Gasteiger partial charge in [-0.2, -0.15) is 18.3 Å². The summed E-state index contributed by atoms with van der Waals surface area (Å²) in [5.41, 5.74) is 0.879. The standard InChI is InChI=1S/C23H13F3N8O/c24-23(25,26)17-7-18(9-20(8-17)33-13-29-30-14-33)32-22(35)16-6-15(10-27-11-16)3-4-19-12-28-21-2-1-5-31-34(19)21/h1-2,5-14H,(H,32,35). The zero-order chi connectivity index (χ0) is 24.4. The first kappa shape index (κ1) is 21.8. The van der Waals surface area contributed by atoms with Crippen molar-refractivity contribution in [2.24, 2.45) is 0 Å². The minimum Gasteiger partial charge on any atom is -0.322 e. The van der Waals surface area contributed by atoms with Gasteiger partial charge in [0.15, 0.2) is 5.65 Å². The third-order valence-electron chi connectivity index (χ3n) is 4.83. The topological polar surface area (TPSA) is 103 Å². The number of nitrogens with one attached hydrogen (secondary N) is 1. The Labute approximate surface area is 195 Å². The summed E-state index contributed by atoms with van der Waals surface area (Å²) < 4.78 is 43.1. The van der Waals surface area contributed by atoms with E-state index >= 15 is 0 Å². The molecule has 0 bridgehead atoms. The zero-order valence-corrected chi connectivity index (χ0v) is 17.6. The Hall–Kier alpha value is -5.05. The normalized spacial score (nSPS) is 11.2. The van der Waals surface area contributed by atoms with Crippen LogP contribution in [0.2, 0.25) is 0 Å². The summed E-state index contributed by atoms with van der Waals surface area (Å²) in [6, 6.07) is 8.19. The maximum absolute atomic E-state index is 13.4. The Balaban J connectivity index is 1.41. The predicted molar refractivity (Wildman–Crippen MR) is 118 cm³/mol. The van der Waals surface area contributed by atoms with Gasteiger partial charge in [0.2, 0.25) is 0 Å². The summed E-state index contributed by atoms with van der Waals surface area (Å²) in [5, 5.41) is 13.9. The van der Waals surface area contributed by atoms with Gasteiger partial charge in [0.25, 0.3) is 5.91 Å². The summed E-state index contributed by atoms with van der Waals surface area (Å²) >= 11 is 0. The number of alkyl halides is 3. The number of imidazole rings is 1. The van der Waals surface area contributed by atoms with Crippen LogP contribution in [0.15, 0.2) is 73.8 Å². The van der Waals surface area contributed by atoms with Crippen molar-refractivity contribution < 1.29 is 18.0 Å². The molecular weight excluding hydrogens is 461 g/mol. The number of rotatable bonds is 3. The molecule has 9 nitrogen and oxygen atoms in total. The summed E-state index contributed by atoms with van der Waals surface area (Å²) in [6.45, 7) is 0. The van der Waals surface area contributed by atoms with Crippen LogP contribution >= 0.6 is 0 Å². The van der Waals surface area contributed by atoms with Crippen molar-refractivity contribution >= 4 is 17.2 Å². The van der Waals surface area contributed by atoms with Gasteiger partial charge in [-0.25, -0.2) is 9.50 Å². The van der Waals surface area contributed by atoms with Gasteiger partial charge >= 0.3 is 6.18 Å². The largest absolute Gasteiger partial charge is 0.416 e. The van der Waals surface area contributed by atoms with E-state index in [1.54, 1.807) is 29.0 Å². The molecule has 0 spiro atoms. The fraction of sp³-hybridized carbons (Fsp3) is 0.0435. The smallest absolute Gasteiger partial charge is 0.322 e. The molecular formula is C23H13F3N8O. The van der Waals surface area contributed by atoms with Crippen LogP contribution in [0.4, 0.5) is 18.9 Å². The Bertz CT molecular complexity index is 1600. The lowest BCUT2D eigenvalue weighted by molar-refractivity contribution is -0.137. The minimum absolute atomic E-state index is 0.0539. The highest BCUT2D eigenvalue weighted by Gasteiger charge is 2.31. The summed E-state index contributed by atoms with van der Waals surface area (Å²) in [5.74, 6) is 5.17. The number of carbonyl (C=O) groups is 1. The molecule has 4 heterocycles. The highest BCUT2D eigenvalue weighted by atomic mass is 19.4. The number of anilines is 1. The van der Waals surface area contributed by atoms with Crippen molar-refractivity contribution in [2.75, 3.05) is 5.32 Å². The molecule has 35 heavy (non-hydrogen) atoms. The molecule has 0 saturated carbocycles. The van der Waals surface area contributed by atoms with Gasteiger partial charge in [-0.1, -0.05) is 5.92 Å². The molecule has 4 aromatic heterocycles. The van der Waals surface area contributed by atoms with Gasteiger partial charge in [-0.3, -0.25) is 14.3 Å². The number of nitrogens with zero attached hydrogens (tertiary/aromatic N) is 7. The first-order valence-corrected chi connectivity index (χ1v) is 10.0. The number of fused-ring (bicyclic) bond motifs is 1. The van der Waals surface area contributed by atoms with Crippen LogP contribution in [-0.4, -0.2) is 40.3 Å². The van der Waals surface area contributed by atoms with Crippen molar-refractivity contribution in [3.63, 3.8) is 0 Å². The molecule has 5 aromatic rings. The number of carbonyl (C=O) groups excluding carboxylic acids is 1. The first-order valence-electron chi connectivity index (χ1n) is 10.0. The molecule has 0 atom stereocenters. The van der Waals surface area contributed by atoms with Crippen LogP contribution < -0.4 is 5.32 Å². The van der Waals surface area contributed by atoms with E-state index in [1.165, 1.54) is 41.7 Å². The predicted octanol–water partition coefficient (Wildman–Crippen LogP) is 3.38. The highest BCUT2D eigenvalue weighted by molar-refractivity contribution is 6.04. The van der Waals surface area contributed by atoms with E-state index in [9.17, 15) is 18.0 Å². The minimum atomic E-state index is -4.62. The van der Waals surface area contributed by atoms with Crippen molar-refractivity contribution in [1.82, 2.24) is 34.3 Å². The molecule has 0 saturated heterocycles. The van der Waals surface area contributed by atoms with E-state index in [2.05, 4.69) is 42.4 Å². The molecule has 0 aliphatic carbocycles. The van der Waals surface area contributed by atoms with Gasteiger partial charge in [-0.15, -0.1) is 10.2 Å². The number of aromatic nitrogens is 7. The molecule has 0 radical (unpaired) electrons. The van der Waals surface area contributed by atoms with Crippen molar-refractivity contribution in [2.45, 2.75) is 6.18 Å². The van der Waals surface area contributed by atoms with Gasteiger partial charge in [0.1, 0.15) is 18.3 Å². The van der Waals surface area contributed by atoms with E-state index < -0.39 is 17.6 Å². The van der Waals surface area contributed by atoms with Gasteiger partial charge in [-0.05, 0) is 42.3 Å². The SMILES string of the molecule is O=C(Nc1cc(-n2cnnc2)cc(C(F)(F)F)c1)c1cncc(C#Cc2cnc3cccnn23)c1. The summed E-state index contributed by atoms with van der Waals surface area (Å²) in [7, 11) is 0. The Kier molecular flexibility index (Phi) is 5.42. The molecule has 0 unspecified atom stereocenters. The average Bonchev–Trinajstić information content (AvgIpc) is 3.53. The molecule has 172 valence electrons. The number of amides is 1. The van der Waals surface area contributed by atoms with Crippen molar-refractivity contribution in [3.05, 3.63) is 96.2 Å². The second-order valence-corrected chi connectivity index (χ2v) is 7.24. The second kappa shape index (κ2) is 8.71. The van der Waals surface area contributed by atoms with Gasteiger partial charge in [0, 0.05) is 29.8 Å². The Morgan fingerprint density at radius 3 is 2.63 bits per heavy atom. The molecule has 0 aliphatic heterocycles. The second-order valence-electron chi connectivity index (χ2n) is 7.24. The molecule has 0 aliphatic rings. The fourth-order valence-corrected chi connectivity index (χ4v) is 3.22. The Morgan fingerprint density at radius 1 is 1.00 bits per heavy atom. The molecule has 1 amide bonds. The molecule has 5 rings (SSSR count). The lowest BCUT2D eigenvalue weighted by atomic mass is 10.1. The molecule has 0 fully saturated rings. The lowest BCUT2D eigenvalue weighted by Gasteiger charge is -2.13. The number of benzene rings is 1. The van der Waals surface area contributed by atoms with Crippen LogP contribution in [0.25, 0.3) is 11.3 Å². The van der Waals surface area contributed by atoms with Crippen LogP contribution in [0, 0.1) is 11.8 Å². The van der Waals surface area contributed by atoms with Crippen LogP contribution in [-0.2, 0) is 6.18 Å². The zero-order valence-electron chi connectivity index (χ0n) is 17.6. The van der Waals surface area contributed by atoms with Crippen LogP contribution in [0.5, 0.6) is 0 Å². The summed E-state index contributed by atoms with van der Waals surface area (Å²) in [4.78, 5) is 21.0. The van der Waals surface area contributed by atoms with Gasteiger partial charge < -0.3 is 5.32 Å². The summed E-state index contributed by atoms with van der Waals surface area (Å²) in [6.07, 6.45) is 3.83. The van der Waals surface area contributed by atoms with Crippen LogP contribution in [0.3, 0.4) is 0 Å². The maximum Gasteiger partial charge on any atom is 0.416 e. The Morgan fingerprint density at radius 2 is 1.83 bits per heavy atom. The average molecular weight is 474 g/mol. The van der Waals surface area contributed by atoms with E-state index in [0.717, 1.165) is 12.1 Å².